The minimum absolute atomic E-state index is 0.164. The third-order valence-corrected chi connectivity index (χ3v) is 3.95. The number of amides is 2. The number of carboxylic acids is 1. The fraction of sp³-hybridized carbons (Fsp3) is 0.846. The highest BCUT2D eigenvalue weighted by Crippen LogP contribution is 2.10. The molecule has 0 spiro atoms. The Morgan fingerprint density at radius 2 is 2.00 bits per heavy atom. The molecule has 0 aromatic heterocycles. The number of nitrogens with one attached hydrogen (secondary N) is 1. The highest BCUT2D eigenvalue weighted by molar-refractivity contribution is 5.76. The molecule has 0 radical (unpaired) electrons. The molecule has 0 aliphatic carbocycles. The van der Waals surface area contributed by atoms with Gasteiger partial charge in [0.15, 0.2) is 0 Å². The van der Waals surface area contributed by atoms with Crippen LogP contribution in [0.1, 0.15) is 27.7 Å². The Morgan fingerprint density at radius 1 is 1.37 bits per heavy atom. The number of likely N-dealkylation sites (N-methyl/N-ethyl adjacent to an activating group) is 1. The summed E-state index contributed by atoms with van der Waals surface area (Å²) in [6.07, 6.45) is 0. The average molecular weight is 271 g/mol. The van der Waals surface area contributed by atoms with Gasteiger partial charge in [-0.1, -0.05) is 6.92 Å². The van der Waals surface area contributed by atoms with Crippen molar-refractivity contribution in [3.8, 4) is 0 Å². The molecule has 0 saturated carbocycles. The molecule has 0 aromatic rings. The first-order chi connectivity index (χ1) is 8.86. The monoisotopic (exact) mass is 271 g/mol. The zero-order valence-electron chi connectivity index (χ0n) is 12.2. The molecule has 1 aliphatic rings. The Bertz CT molecular complexity index is 335. The van der Waals surface area contributed by atoms with E-state index in [4.69, 9.17) is 5.11 Å². The van der Waals surface area contributed by atoms with Gasteiger partial charge in [0, 0.05) is 31.7 Å². The number of rotatable bonds is 4. The topological polar surface area (TPSA) is 72.9 Å². The quantitative estimate of drug-likeness (QED) is 0.794. The van der Waals surface area contributed by atoms with Crippen LogP contribution in [0.2, 0.25) is 0 Å². The number of urea groups is 1. The molecule has 0 bridgehead atoms. The molecule has 110 valence electrons. The van der Waals surface area contributed by atoms with Crippen LogP contribution in [0.5, 0.6) is 0 Å². The fourth-order valence-electron chi connectivity index (χ4n) is 2.27. The summed E-state index contributed by atoms with van der Waals surface area (Å²) in [5.41, 5.74) is 0. The highest BCUT2D eigenvalue weighted by Gasteiger charge is 2.28. The Hall–Kier alpha value is -1.30. The van der Waals surface area contributed by atoms with Crippen molar-refractivity contribution in [3.63, 3.8) is 0 Å². The predicted octanol–water partition coefficient (Wildman–Crippen LogP) is 0.831. The summed E-state index contributed by atoms with van der Waals surface area (Å²) in [4.78, 5) is 27.0. The molecule has 6 heteroatoms. The van der Waals surface area contributed by atoms with Crippen LogP contribution in [-0.2, 0) is 4.79 Å². The van der Waals surface area contributed by atoms with Crippen LogP contribution in [0, 0.1) is 5.92 Å². The predicted molar refractivity (Wildman–Crippen MR) is 73.1 cm³/mol. The second kappa shape index (κ2) is 6.75. The number of carbonyl (C=O) groups is 2. The summed E-state index contributed by atoms with van der Waals surface area (Å²) in [5.74, 6) is -1.48. The summed E-state index contributed by atoms with van der Waals surface area (Å²) in [7, 11) is 0. The zero-order valence-corrected chi connectivity index (χ0v) is 12.2. The molecule has 3 unspecified atom stereocenters. The van der Waals surface area contributed by atoms with E-state index < -0.39 is 11.9 Å². The first-order valence-electron chi connectivity index (χ1n) is 6.89. The van der Waals surface area contributed by atoms with Crippen molar-refractivity contribution in [2.75, 3.05) is 26.2 Å². The van der Waals surface area contributed by atoms with Crippen molar-refractivity contribution in [2.45, 2.75) is 39.8 Å². The molecule has 1 fully saturated rings. The summed E-state index contributed by atoms with van der Waals surface area (Å²) in [6, 6.07) is -0.190. The van der Waals surface area contributed by atoms with Crippen molar-refractivity contribution >= 4 is 12.0 Å². The van der Waals surface area contributed by atoms with Crippen LogP contribution in [0.4, 0.5) is 4.79 Å². The van der Waals surface area contributed by atoms with E-state index in [1.807, 2.05) is 0 Å². The Labute approximate surface area is 114 Å². The van der Waals surface area contributed by atoms with Crippen LogP contribution in [0.3, 0.4) is 0 Å². The Balaban J connectivity index is 2.49. The van der Waals surface area contributed by atoms with Gasteiger partial charge in [-0.3, -0.25) is 9.69 Å². The highest BCUT2D eigenvalue weighted by atomic mass is 16.4. The lowest BCUT2D eigenvalue weighted by atomic mass is 10.0. The number of nitrogens with zero attached hydrogens (tertiary/aromatic N) is 2. The van der Waals surface area contributed by atoms with Gasteiger partial charge in [-0.25, -0.2) is 4.79 Å². The Kier molecular flexibility index (Phi) is 5.60. The number of aliphatic carboxylic acids is 1. The van der Waals surface area contributed by atoms with Gasteiger partial charge >= 0.3 is 12.0 Å². The molecule has 1 rings (SSSR count). The number of hydrogen-bond acceptors (Lipinski definition) is 3. The minimum Gasteiger partial charge on any atom is -0.481 e. The molecule has 6 nitrogen and oxygen atoms in total. The van der Waals surface area contributed by atoms with Gasteiger partial charge in [-0.05, 0) is 27.3 Å². The van der Waals surface area contributed by atoms with Crippen LogP contribution in [0.15, 0.2) is 0 Å². The summed E-state index contributed by atoms with van der Waals surface area (Å²) in [6.45, 7) is 10.8. The zero-order chi connectivity index (χ0) is 14.6. The summed E-state index contributed by atoms with van der Waals surface area (Å²) in [5, 5.41) is 11.7. The van der Waals surface area contributed by atoms with Gasteiger partial charge in [0.25, 0.3) is 0 Å². The molecule has 2 N–H and O–H groups in total. The standard InChI is InChI=1S/C13H25N3O3/c1-5-15-6-7-16(8-9(15)2)13(19)14-11(4)10(3)12(17)18/h9-11H,5-8H2,1-4H3,(H,14,19)(H,17,18). The van der Waals surface area contributed by atoms with Crippen molar-refractivity contribution in [1.82, 2.24) is 15.1 Å². The van der Waals surface area contributed by atoms with Crippen molar-refractivity contribution in [2.24, 2.45) is 5.92 Å². The lowest BCUT2D eigenvalue weighted by Crippen LogP contribution is -2.57. The summed E-state index contributed by atoms with van der Waals surface area (Å²) >= 11 is 0. The van der Waals surface area contributed by atoms with E-state index in [1.165, 1.54) is 0 Å². The lowest BCUT2D eigenvalue weighted by molar-refractivity contribution is -0.141. The molecular weight excluding hydrogens is 246 g/mol. The van der Waals surface area contributed by atoms with Gasteiger partial charge in [-0.2, -0.15) is 0 Å². The number of piperazine rings is 1. The van der Waals surface area contributed by atoms with Gasteiger partial charge in [0.2, 0.25) is 0 Å². The van der Waals surface area contributed by atoms with Crippen LogP contribution >= 0.6 is 0 Å². The summed E-state index contributed by atoms with van der Waals surface area (Å²) < 4.78 is 0. The molecular formula is C13H25N3O3. The van der Waals surface area contributed by atoms with E-state index in [9.17, 15) is 9.59 Å². The second-order valence-corrected chi connectivity index (χ2v) is 5.29. The Morgan fingerprint density at radius 3 is 2.47 bits per heavy atom. The van der Waals surface area contributed by atoms with E-state index in [-0.39, 0.29) is 12.1 Å². The van der Waals surface area contributed by atoms with Crippen LogP contribution in [0.25, 0.3) is 0 Å². The van der Waals surface area contributed by atoms with E-state index in [0.29, 0.717) is 19.1 Å². The van der Waals surface area contributed by atoms with Crippen LogP contribution < -0.4 is 5.32 Å². The third kappa shape index (κ3) is 4.09. The average Bonchev–Trinajstić information content (AvgIpc) is 2.37. The maximum absolute atomic E-state index is 12.1. The molecule has 1 saturated heterocycles. The maximum Gasteiger partial charge on any atom is 0.317 e. The van der Waals surface area contributed by atoms with E-state index in [1.54, 1.807) is 18.7 Å². The molecule has 1 heterocycles. The van der Waals surface area contributed by atoms with Gasteiger partial charge in [-0.15, -0.1) is 0 Å². The van der Waals surface area contributed by atoms with Gasteiger partial charge < -0.3 is 15.3 Å². The first kappa shape index (κ1) is 15.8. The van der Waals surface area contributed by atoms with Crippen molar-refractivity contribution < 1.29 is 14.7 Å². The van der Waals surface area contributed by atoms with E-state index >= 15 is 0 Å². The van der Waals surface area contributed by atoms with Gasteiger partial charge in [0.1, 0.15) is 0 Å². The van der Waals surface area contributed by atoms with Crippen molar-refractivity contribution in [1.29, 1.82) is 0 Å². The first-order valence-corrected chi connectivity index (χ1v) is 6.89. The number of carboxylic acid groups (broad SMARTS) is 1. The third-order valence-electron chi connectivity index (χ3n) is 3.95. The smallest absolute Gasteiger partial charge is 0.317 e. The minimum atomic E-state index is -0.892. The lowest BCUT2D eigenvalue weighted by Gasteiger charge is -2.39. The number of carbonyl (C=O) groups excluding carboxylic acids is 1. The molecule has 1 aliphatic heterocycles. The second-order valence-electron chi connectivity index (χ2n) is 5.29. The van der Waals surface area contributed by atoms with E-state index in [2.05, 4.69) is 24.1 Å². The van der Waals surface area contributed by atoms with Crippen LogP contribution in [-0.4, -0.2) is 65.2 Å². The normalized spacial score (nSPS) is 23.8. The maximum atomic E-state index is 12.1. The van der Waals surface area contributed by atoms with Crippen molar-refractivity contribution in [3.05, 3.63) is 0 Å². The van der Waals surface area contributed by atoms with E-state index in [0.717, 1.165) is 13.1 Å². The number of hydrogen-bond donors (Lipinski definition) is 2. The fourth-order valence-corrected chi connectivity index (χ4v) is 2.27. The molecule has 0 aromatic carbocycles. The molecule has 3 atom stereocenters. The largest absolute Gasteiger partial charge is 0.481 e. The molecule has 2 amide bonds. The van der Waals surface area contributed by atoms with Gasteiger partial charge in [0.05, 0.1) is 5.92 Å². The SMILES string of the molecule is CCN1CCN(C(=O)NC(C)C(C)C(=O)O)CC1C. The molecule has 19 heavy (non-hydrogen) atoms.